The molecule has 0 saturated heterocycles. The highest BCUT2D eigenvalue weighted by Gasteiger charge is 2.32. The van der Waals surface area contributed by atoms with E-state index < -0.39 is 23.5 Å². The lowest BCUT2D eigenvalue weighted by atomic mass is 9.99. The van der Waals surface area contributed by atoms with Crippen molar-refractivity contribution in [2.75, 3.05) is 19.0 Å². The third-order valence-corrected chi connectivity index (χ3v) is 3.28. The molecule has 0 fully saturated rings. The molecule has 124 valence electrons. The summed E-state index contributed by atoms with van der Waals surface area (Å²) < 4.78 is 77.3. The number of anilines is 1. The van der Waals surface area contributed by atoms with E-state index in [1.807, 2.05) is 0 Å². The highest BCUT2D eigenvalue weighted by Crippen LogP contribution is 2.37. The van der Waals surface area contributed by atoms with Crippen molar-refractivity contribution in [2.24, 2.45) is 0 Å². The summed E-state index contributed by atoms with van der Waals surface area (Å²) in [4.78, 5) is 1.46. The first-order valence-electron chi connectivity index (χ1n) is 6.56. The maximum absolute atomic E-state index is 13.0. The van der Waals surface area contributed by atoms with Crippen LogP contribution in [0.2, 0.25) is 0 Å². The van der Waals surface area contributed by atoms with E-state index in [4.69, 9.17) is 0 Å². The number of halogens is 6. The van der Waals surface area contributed by atoms with Crippen molar-refractivity contribution >= 4 is 5.69 Å². The molecule has 0 saturated carbocycles. The van der Waals surface area contributed by atoms with Crippen LogP contribution in [0.1, 0.15) is 11.1 Å². The molecule has 0 bridgehead atoms. The zero-order valence-corrected chi connectivity index (χ0v) is 12.3. The van der Waals surface area contributed by atoms with Crippen molar-refractivity contribution < 1.29 is 26.3 Å². The predicted octanol–water partition coefficient (Wildman–Crippen LogP) is 5.46. The van der Waals surface area contributed by atoms with E-state index in [9.17, 15) is 26.3 Å². The molecular formula is C16H13F6N. The van der Waals surface area contributed by atoms with Gasteiger partial charge in [-0.05, 0) is 41.5 Å². The topological polar surface area (TPSA) is 3.24 Å². The molecule has 0 heterocycles. The molecule has 0 amide bonds. The van der Waals surface area contributed by atoms with Crippen LogP contribution in [0.25, 0.3) is 11.1 Å². The molecule has 7 heteroatoms. The zero-order chi connectivity index (χ0) is 17.4. The minimum absolute atomic E-state index is 0.0778. The molecule has 2 aromatic rings. The lowest BCUT2D eigenvalue weighted by Crippen LogP contribution is -2.12. The van der Waals surface area contributed by atoms with Crippen molar-refractivity contribution in [1.29, 1.82) is 0 Å². The summed E-state index contributed by atoms with van der Waals surface area (Å²) in [6, 6.07) is 7.47. The maximum atomic E-state index is 13.0. The van der Waals surface area contributed by atoms with Gasteiger partial charge in [0.1, 0.15) is 0 Å². The second-order valence-electron chi connectivity index (χ2n) is 5.24. The SMILES string of the molecule is CN(C)c1cc(-c2cccc(C(F)(F)F)c2)cc(C(F)(F)F)c1. The summed E-state index contributed by atoms with van der Waals surface area (Å²) in [5.41, 5.74) is -1.40. The lowest BCUT2D eigenvalue weighted by Gasteiger charge is -2.18. The average Bonchev–Trinajstić information content (AvgIpc) is 2.45. The minimum Gasteiger partial charge on any atom is -0.378 e. The Morgan fingerprint density at radius 3 is 1.78 bits per heavy atom. The Kier molecular flexibility index (Phi) is 4.32. The quantitative estimate of drug-likeness (QED) is 0.660. The van der Waals surface area contributed by atoms with Crippen LogP contribution >= 0.6 is 0 Å². The smallest absolute Gasteiger partial charge is 0.378 e. The number of hydrogen-bond donors (Lipinski definition) is 0. The van der Waals surface area contributed by atoms with Crippen LogP contribution in [0.5, 0.6) is 0 Å². The molecule has 0 aliphatic rings. The van der Waals surface area contributed by atoms with Gasteiger partial charge in [0.15, 0.2) is 0 Å². The van der Waals surface area contributed by atoms with Gasteiger partial charge in [0, 0.05) is 19.8 Å². The van der Waals surface area contributed by atoms with Crippen molar-refractivity contribution in [3.63, 3.8) is 0 Å². The molecule has 2 aromatic carbocycles. The molecular weight excluding hydrogens is 320 g/mol. The van der Waals surface area contributed by atoms with Crippen molar-refractivity contribution in [2.45, 2.75) is 12.4 Å². The van der Waals surface area contributed by atoms with Crippen LogP contribution in [-0.4, -0.2) is 14.1 Å². The van der Waals surface area contributed by atoms with E-state index >= 15 is 0 Å². The highest BCUT2D eigenvalue weighted by atomic mass is 19.4. The summed E-state index contributed by atoms with van der Waals surface area (Å²) in [7, 11) is 3.12. The number of benzene rings is 2. The standard InChI is InChI=1S/C16H13F6N/c1-23(2)14-8-11(7-13(9-14)16(20,21)22)10-4-3-5-12(6-10)15(17,18)19/h3-9H,1-2H3. The maximum Gasteiger partial charge on any atom is 0.416 e. The zero-order valence-electron chi connectivity index (χ0n) is 12.3. The van der Waals surface area contributed by atoms with E-state index in [1.165, 1.54) is 23.1 Å². The molecule has 0 aliphatic heterocycles. The van der Waals surface area contributed by atoms with Gasteiger partial charge in [0.05, 0.1) is 11.1 Å². The van der Waals surface area contributed by atoms with Gasteiger partial charge in [0.25, 0.3) is 0 Å². The molecule has 2 rings (SSSR count). The molecule has 0 N–H and O–H groups in total. The summed E-state index contributed by atoms with van der Waals surface area (Å²) in [6.45, 7) is 0. The summed E-state index contributed by atoms with van der Waals surface area (Å²) >= 11 is 0. The van der Waals surface area contributed by atoms with Crippen LogP contribution in [-0.2, 0) is 12.4 Å². The summed E-state index contributed by atoms with van der Waals surface area (Å²) in [5, 5.41) is 0. The largest absolute Gasteiger partial charge is 0.416 e. The highest BCUT2D eigenvalue weighted by molar-refractivity contribution is 5.70. The number of nitrogens with zero attached hydrogens (tertiary/aromatic N) is 1. The predicted molar refractivity (Wildman–Crippen MR) is 76.2 cm³/mol. The van der Waals surface area contributed by atoms with Crippen LogP contribution in [0, 0.1) is 0 Å². The van der Waals surface area contributed by atoms with Gasteiger partial charge < -0.3 is 4.90 Å². The van der Waals surface area contributed by atoms with Crippen LogP contribution in [0.15, 0.2) is 42.5 Å². The van der Waals surface area contributed by atoms with Gasteiger partial charge in [0.2, 0.25) is 0 Å². The van der Waals surface area contributed by atoms with E-state index in [0.717, 1.165) is 24.3 Å². The number of rotatable bonds is 2. The molecule has 0 aromatic heterocycles. The van der Waals surface area contributed by atoms with Crippen LogP contribution < -0.4 is 4.90 Å². The summed E-state index contributed by atoms with van der Waals surface area (Å²) in [6.07, 6.45) is -9.13. The van der Waals surface area contributed by atoms with Crippen molar-refractivity contribution in [1.82, 2.24) is 0 Å². The molecule has 0 atom stereocenters. The molecule has 0 aliphatic carbocycles. The number of alkyl halides is 6. The average molecular weight is 333 g/mol. The second kappa shape index (κ2) is 5.79. The van der Waals surface area contributed by atoms with Crippen LogP contribution in [0.4, 0.5) is 32.0 Å². The normalized spacial score (nSPS) is 12.3. The Morgan fingerprint density at radius 1 is 0.696 bits per heavy atom. The molecule has 1 nitrogen and oxygen atoms in total. The monoisotopic (exact) mass is 333 g/mol. The van der Waals surface area contributed by atoms with E-state index in [2.05, 4.69) is 0 Å². The minimum atomic E-state index is -4.58. The fourth-order valence-corrected chi connectivity index (χ4v) is 2.07. The first-order chi connectivity index (χ1) is 10.5. The lowest BCUT2D eigenvalue weighted by molar-refractivity contribution is -0.138. The van der Waals surface area contributed by atoms with E-state index in [1.54, 1.807) is 14.1 Å². The van der Waals surface area contributed by atoms with E-state index in [-0.39, 0.29) is 16.8 Å². The van der Waals surface area contributed by atoms with Crippen molar-refractivity contribution in [3.05, 3.63) is 53.6 Å². The van der Waals surface area contributed by atoms with Gasteiger partial charge in [-0.1, -0.05) is 12.1 Å². The summed E-state index contributed by atoms with van der Waals surface area (Å²) in [5.74, 6) is 0. The Morgan fingerprint density at radius 2 is 1.26 bits per heavy atom. The Hall–Kier alpha value is -2.18. The Labute approximate surface area is 129 Å². The Bertz CT molecular complexity index is 700. The number of hydrogen-bond acceptors (Lipinski definition) is 1. The van der Waals surface area contributed by atoms with Crippen LogP contribution in [0.3, 0.4) is 0 Å². The van der Waals surface area contributed by atoms with Gasteiger partial charge in [-0.3, -0.25) is 0 Å². The first-order valence-corrected chi connectivity index (χ1v) is 6.56. The van der Waals surface area contributed by atoms with Crippen molar-refractivity contribution in [3.8, 4) is 11.1 Å². The molecule has 0 unspecified atom stereocenters. The van der Waals surface area contributed by atoms with E-state index in [0.29, 0.717) is 0 Å². The Balaban J connectivity index is 2.61. The molecule has 23 heavy (non-hydrogen) atoms. The van der Waals surface area contributed by atoms with Gasteiger partial charge in [-0.15, -0.1) is 0 Å². The van der Waals surface area contributed by atoms with Gasteiger partial charge >= 0.3 is 12.4 Å². The third kappa shape index (κ3) is 3.97. The fourth-order valence-electron chi connectivity index (χ4n) is 2.07. The van der Waals surface area contributed by atoms with Gasteiger partial charge in [-0.25, -0.2) is 0 Å². The van der Waals surface area contributed by atoms with Gasteiger partial charge in [-0.2, -0.15) is 26.3 Å². The second-order valence-corrected chi connectivity index (χ2v) is 5.24. The molecule has 0 spiro atoms. The fraction of sp³-hybridized carbons (Fsp3) is 0.250. The first kappa shape index (κ1) is 17.2. The third-order valence-electron chi connectivity index (χ3n) is 3.28. The molecule has 0 radical (unpaired) electrons.